The van der Waals surface area contributed by atoms with Crippen LogP contribution in [0.4, 0.5) is 5.69 Å². The molecule has 0 saturated heterocycles. The third kappa shape index (κ3) is 4.35. The number of carbonyl (C=O) groups excluding carboxylic acids is 1. The van der Waals surface area contributed by atoms with Crippen molar-refractivity contribution >= 4 is 11.6 Å². The Bertz CT molecular complexity index is 1040. The number of rotatable bonds is 6. The quantitative estimate of drug-likeness (QED) is 0.705. The summed E-state index contributed by atoms with van der Waals surface area (Å²) in [6.07, 6.45) is 1.47. The molecule has 0 unspecified atom stereocenters. The molecule has 8 nitrogen and oxygen atoms in total. The monoisotopic (exact) mass is 380 g/mol. The van der Waals surface area contributed by atoms with Crippen LogP contribution in [0.5, 0.6) is 11.5 Å². The molecule has 2 aromatic carbocycles. The van der Waals surface area contributed by atoms with Gasteiger partial charge in [0.25, 0.3) is 0 Å². The summed E-state index contributed by atoms with van der Waals surface area (Å²) in [5.74, 6) is 0.618. The van der Waals surface area contributed by atoms with Crippen molar-refractivity contribution in [3.05, 3.63) is 64.7 Å². The largest absolute Gasteiger partial charge is 0.497 e. The highest BCUT2D eigenvalue weighted by Crippen LogP contribution is 2.28. The molecule has 0 aliphatic carbocycles. The van der Waals surface area contributed by atoms with Gasteiger partial charge in [-0.05, 0) is 19.1 Å². The summed E-state index contributed by atoms with van der Waals surface area (Å²) < 4.78 is 11.4. The summed E-state index contributed by atoms with van der Waals surface area (Å²) in [4.78, 5) is 28.6. The Balaban J connectivity index is 1.74. The fourth-order valence-corrected chi connectivity index (χ4v) is 2.56. The molecule has 0 bridgehead atoms. The lowest BCUT2D eigenvalue weighted by molar-refractivity contribution is -0.117. The van der Waals surface area contributed by atoms with E-state index in [4.69, 9.17) is 9.47 Å². The van der Waals surface area contributed by atoms with Crippen LogP contribution < -0.4 is 20.5 Å². The van der Waals surface area contributed by atoms with Crippen molar-refractivity contribution < 1.29 is 14.3 Å². The van der Waals surface area contributed by atoms with Gasteiger partial charge < -0.3 is 14.8 Å². The number of hydrogen-bond acceptors (Lipinski definition) is 6. The minimum atomic E-state index is -0.602. The first kappa shape index (κ1) is 19.1. The van der Waals surface area contributed by atoms with Gasteiger partial charge in [-0.3, -0.25) is 4.79 Å². The first-order chi connectivity index (χ1) is 13.5. The minimum Gasteiger partial charge on any atom is -0.497 e. The molecule has 0 fully saturated rings. The maximum atomic E-state index is 12.3. The number of aromatic nitrogens is 3. The molecule has 3 aromatic rings. The van der Waals surface area contributed by atoms with Crippen LogP contribution in [-0.4, -0.2) is 34.9 Å². The number of aryl methyl sites for hydroxylation is 1. The number of anilines is 1. The molecule has 0 spiro atoms. The lowest BCUT2D eigenvalue weighted by Gasteiger charge is -2.12. The smallest absolute Gasteiger partial charge is 0.365 e. The van der Waals surface area contributed by atoms with Crippen molar-refractivity contribution in [2.75, 3.05) is 19.5 Å². The van der Waals surface area contributed by atoms with E-state index in [2.05, 4.69) is 15.4 Å². The van der Waals surface area contributed by atoms with Gasteiger partial charge in [0.2, 0.25) is 5.91 Å². The van der Waals surface area contributed by atoms with Gasteiger partial charge in [0.05, 0.1) is 31.8 Å². The number of hydrogen-bond donors (Lipinski definition) is 1. The molecule has 1 amide bonds. The highest BCUT2D eigenvalue weighted by molar-refractivity contribution is 5.92. The van der Waals surface area contributed by atoms with Gasteiger partial charge in [-0.15, -0.1) is 0 Å². The number of carbonyl (C=O) groups is 1. The zero-order valence-corrected chi connectivity index (χ0v) is 15.8. The second kappa shape index (κ2) is 8.34. The molecule has 28 heavy (non-hydrogen) atoms. The average molecular weight is 380 g/mol. The van der Waals surface area contributed by atoms with Gasteiger partial charge in [0.1, 0.15) is 18.0 Å². The molecule has 1 N–H and O–H groups in total. The molecular weight excluding hydrogens is 360 g/mol. The first-order valence-electron chi connectivity index (χ1n) is 8.53. The number of amides is 1. The van der Waals surface area contributed by atoms with E-state index in [0.29, 0.717) is 22.9 Å². The van der Waals surface area contributed by atoms with Crippen molar-refractivity contribution in [3.63, 3.8) is 0 Å². The van der Waals surface area contributed by atoms with Crippen molar-refractivity contribution in [2.24, 2.45) is 0 Å². The van der Waals surface area contributed by atoms with Gasteiger partial charge in [-0.2, -0.15) is 10.1 Å². The van der Waals surface area contributed by atoms with E-state index in [1.165, 1.54) is 13.3 Å². The molecule has 1 aromatic heterocycles. The number of nitrogens with one attached hydrogen (secondary N) is 1. The van der Waals surface area contributed by atoms with E-state index in [1.807, 2.05) is 31.2 Å². The standard InChI is InChI=1S/C20H20N4O4/c1-13-4-6-14(7-5-13)17-11-21-24(20(26)23-17)12-19(25)22-16-9-8-15(27-2)10-18(16)28-3/h4-11H,12H2,1-3H3,(H,22,25). The van der Waals surface area contributed by atoms with Crippen molar-refractivity contribution in [3.8, 4) is 22.8 Å². The average Bonchev–Trinajstić information content (AvgIpc) is 2.70. The van der Waals surface area contributed by atoms with E-state index >= 15 is 0 Å². The third-order valence-electron chi connectivity index (χ3n) is 4.08. The fraction of sp³-hybridized carbons (Fsp3) is 0.200. The molecule has 0 radical (unpaired) electrons. The summed E-state index contributed by atoms with van der Waals surface area (Å²) in [5, 5.41) is 6.75. The van der Waals surface area contributed by atoms with Crippen molar-refractivity contribution in [1.82, 2.24) is 14.8 Å². The normalized spacial score (nSPS) is 10.4. The highest BCUT2D eigenvalue weighted by atomic mass is 16.5. The van der Waals surface area contributed by atoms with E-state index in [-0.39, 0.29) is 6.54 Å². The van der Waals surface area contributed by atoms with Crippen LogP contribution in [-0.2, 0) is 11.3 Å². The zero-order chi connectivity index (χ0) is 20.1. The maximum absolute atomic E-state index is 12.3. The second-order valence-corrected chi connectivity index (χ2v) is 6.06. The predicted octanol–water partition coefficient (Wildman–Crippen LogP) is 2.27. The molecule has 0 aliphatic heterocycles. The molecule has 0 aliphatic rings. The van der Waals surface area contributed by atoms with Crippen LogP contribution in [0, 0.1) is 6.92 Å². The topological polar surface area (TPSA) is 95.3 Å². The Labute approximate surface area is 161 Å². The van der Waals surface area contributed by atoms with Gasteiger partial charge in [-0.1, -0.05) is 29.8 Å². The molecule has 0 atom stereocenters. The summed E-state index contributed by atoms with van der Waals surface area (Å²) >= 11 is 0. The number of benzene rings is 2. The lowest BCUT2D eigenvalue weighted by Crippen LogP contribution is -2.31. The van der Waals surface area contributed by atoms with Crippen LogP contribution in [0.25, 0.3) is 11.3 Å². The Kier molecular flexibility index (Phi) is 5.69. The Morgan fingerprint density at radius 3 is 2.50 bits per heavy atom. The van der Waals surface area contributed by atoms with Crippen LogP contribution >= 0.6 is 0 Å². The maximum Gasteiger partial charge on any atom is 0.365 e. The van der Waals surface area contributed by atoms with Crippen LogP contribution in [0.1, 0.15) is 5.56 Å². The van der Waals surface area contributed by atoms with E-state index in [1.54, 1.807) is 25.3 Å². The SMILES string of the molecule is COc1ccc(NC(=O)Cn2ncc(-c3ccc(C)cc3)nc2=O)c(OC)c1. The number of nitrogens with zero attached hydrogens (tertiary/aromatic N) is 3. The fourth-order valence-electron chi connectivity index (χ4n) is 2.56. The van der Waals surface area contributed by atoms with E-state index in [0.717, 1.165) is 15.8 Å². The number of methoxy groups -OCH3 is 2. The van der Waals surface area contributed by atoms with E-state index < -0.39 is 11.6 Å². The summed E-state index contributed by atoms with van der Waals surface area (Å²) in [6.45, 7) is 1.71. The highest BCUT2D eigenvalue weighted by Gasteiger charge is 2.12. The van der Waals surface area contributed by atoms with Crippen molar-refractivity contribution in [1.29, 1.82) is 0 Å². The Hall–Kier alpha value is -3.68. The first-order valence-corrected chi connectivity index (χ1v) is 8.53. The molecule has 144 valence electrons. The lowest BCUT2D eigenvalue weighted by atomic mass is 10.1. The summed E-state index contributed by atoms with van der Waals surface area (Å²) in [5.41, 5.74) is 2.21. The summed E-state index contributed by atoms with van der Waals surface area (Å²) in [6, 6.07) is 12.6. The predicted molar refractivity (Wildman–Crippen MR) is 105 cm³/mol. The summed E-state index contributed by atoms with van der Waals surface area (Å²) in [7, 11) is 3.03. The van der Waals surface area contributed by atoms with Gasteiger partial charge in [-0.25, -0.2) is 9.48 Å². The minimum absolute atomic E-state index is 0.269. The molecule has 1 heterocycles. The van der Waals surface area contributed by atoms with Crippen molar-refractivity contribution in [2.45, 2.75) is 13.5 Å². The molecule has 0 saturated carbocycles. The van der Waals surface area contributed by atoms with Gasteiger partial charge >= 0.3 is 5.69 Å². The molecule has 3 rings (SSSR count). The van der Waals surface area contributed by atoms with Gasteiger partial charge in [0.15, 0.2) is 0 Å². The Morgan fingerprint density at radius 2 is 1.86 bits per heavy atom. The van der Waals surface area contributed by atoms with Crippen LogP contribution in [0.15, 0.2) is 53.5 Å². The Morgan fingerprint density at radius 1 is 1.11 bits per heavy atom. The van der Waals surface area contributed by atoms with Gasteiger partial charge in [0, 0.05) is 11.6 Å². The van der Waals surface area contributed by atoms with E-state index in [9.17, 15) is 9.59 Å². The van der Waals surface area contributed by atoms with Crippen LogP contribution in [0.2, 0.25) is 0 Å². The third-order valence-corrected chi connectivity index (χ3v) is 4.08. The molecular formula is C20H20N4O4. The van der Waals surface area contributed by atoms with Crippen LogP contribution in [0.3, 0.4) is 0 Å². The second-order valence-electron chi connectivity index (χ2n) is 6.06. The number of ether oxygens (including phenoxy) is 2. The molecule has 8 heteroatoms. The zero-order valence-electron chi connectivity index (χ0n) is 15.8.